The van der Waals surface area contributed by atoms with E-state index in [0.717, 1.165) is 6.61 Å². The Balaban J connectivity index is 0.000000193. The van der Waals surface area contributed by atoms with E-state index in [-0.39, 0.29) is 0 Å². The van der Waals surface area contributed by atoms with E-state index in [0.29, 0.717) is 6.10 Å². The fraction of sp³-hybridized carbons (Fsp3) is 0.200. The van der Waals surface area contributed by atoms with E-state index in [1.165, 1.54) is 21.8 Å². The van der Waals surface area contributed by atoms with Gasteiger partial charge in [0.1, 0.15) is 0 Å². The first-order chi connectivity index (χ1) is 8.34. The molecule has 1 N–H and O–H groups in total. The summed E-state index contributed by atoms with van der Waals surface area (Å²) >= 11 is 0. The van der Waals surface area contributed by atoms with Crippen molar-refractivity contribution in [3.05, 3.63) is 48.5 Å². The molecule has 2 nitrogen and oxygen atoms in total. The smallest absolute Gasteiger partial charge is 0.0781 e. The topological polar surface area (TPSA) is 28.3 Å². The summed E-state index contributed by atoms with van der Waals surface area (Å²) in [5.41, 5.74) is 2.42. The van der Waals surface area contributed by atoms with Crippen LogP contribution in [0.5, 0.6) is 0 Å². The standard InChI is InChI=1S/C12H9N.C3H6O/c1-3-7-11-9(5-1)10-6-2-4-8-12(10)13-11;1-3-2-4-3/h1-8,13H;3H,2H2,1H3. The summed E-state index contributed by atoms with van der Waals surface area (Å²) in [4.78, 5) is 3.38. The number of rotatable bonds is 0. The van der Waals surface area contributed by atoms with Crippen LogP contribution in [-0.2, 0) is 4.74 Å². The molecule has 1 fully saturated rings. The summed E-state index contributed by atoms with van der Waals surface area (Å²) < 4.78 is 4.71. The second kappa shape index (κ2) is 4.22. The Morgan fingerprint density at radius 3 is 1.76 bits per heavy atom. The third-order valence-corrected chi connectivity index (χ3v) is 2.91. The van der Waals surface area contributed by atoms with Crippen molar-refractivity contribution in [1.82, 2.24) is 4.98 Å². The Morgan fingerprint density at radius 2 is 1.35 bits per heavy atom. The van der Waals surface area contributed by atoms with E-state index in [4.69, 9.17) is 4.74 Å². The minimum absolute atomic E-state index is 0.583. The van der Waals surface area contributed by atoms with Crippen molar-refractivity contribution < 1.29 is 4.74 Å². The highest BCUT2D eigenvalue weighted by Crippen LogP contribution is 2.24. The number of nitrogens with one attached hydrogen (secondary N) is 1. The van der Waals surface area contributed by atoms with Gasteiger partial charge in [-0.25, -0.2) is 0 Å². The fourth-order valence-electron chi connectivity index (χ4n) is 1.90. The van der Waals surface area contributed by atoms with E-state index >= 15 is 0 Å². The van der Waals surface area contributed by atoms with E-state index in [9.17, 15) is 0 Å². The normalized spacial score (nSPS) is 17.8. The first-order valence-electron chi connectivity index (χ1n) is 5.91. The molecule has 0 aliphatic carbocycles. The lowest BCUT2D eigenvalue weighted by Crippen LogP contribution is -1.62. The van der Waals surface area contributed by atoms with Gasteiger partial charge in [-0.15, -0.1) is 0 Å². The maximum atomic E-state index is 4.71. The molecule has 0 saturated carbocycles. The fourth-order valence-corrected chi connectivity index (χ4v) is 1.90. The van der Waals surface area contributed by atoms with Crippen molar-refractivity contribution in [3.8, 4) is 0 Å². The SMILES string of the molecule is CC1CO1.c1ccc2c(c1)[nH]c1ccccc12. The zero-order valence-corrected chi connectivity index (χ0v) is 9.81. The lowest BCUT2D eigenvalue weighted by molar-refractivity contribution is 0.423. The van der Waals surface area contributed by atoms with Gasteiger partial charge in [0.15, 0.2) is 0 Å². The zero-order chi connectivity index (χ0) is 11.7. The average molecular weight is 225 g/mol. The van der Waals surface area contributed by atoms with Crippen LogP contribution >= 0.6 is 0 Å². The number of hydrogen-bond acceptors (Lipinski definition) is 1. The molecule has 1 saturated heterocycles. The van der Waals surface area contributed by atoms with E-state index < -0.39 is 0 Å². The Kier molecular flexibility index (Phi) is 2.57. The molecule has 2 aromatic carbocycles. The molecule has 17 heavy (non-hydrogen) atoms. The molecule has 2 heterocycles. The van der Waals surface area contributed by atoms with Gasteiger partial charge < -0.3 is 9.72 Å². The Bertz CT molecular complexity index is 587. The first-order valence-corrected chi connectivity index (χ1v) is 5.91. The molecule has 0 amide bonds. The van der Waals surface area contributed by atoms with Gasteiger partial charge in [-0.1, -0.05) is 36.4 Å². The molecule has 3 aromatic rings. The summed E-state index contributed by atoms with van der Waals surface area (Å²) in [6, 6.07) is 16.8. The summed E-state index contributed by atoms with van der Waals surface area (Å²) in [6.45, 7) is 3.04. The summed E-state index contributed by atoms with van der Waals surface area (Å²) in [5, 5.41) is 2.61. The van der Waals surface area contributed by atoms with Gasteiger partial charge >= 0.3 is 0 Å². The molecule has 1 atom stereocenters. The van der Waals surface area contributed by atoms with Crippen LogP contribution < -0.4 is 0 Å². The lowest BCUT2D eigenvalue weighted by Gasteiger charge is -1.87. The molecule has 1 aliphatic heterocycles. The quantitative estimate of drug-likeness (QED) is 0.580. The third-order valence-electron chi connectivity index (χ3n) is 2.91. The maximum Gasteiger partial charge on any atom is 0.0781 e. The number of aromatic amines is 1. The first kappa shape index (κ1) is 10.4. The number of fused-ring (bicyclic) bond motifs is 3. The molecule has 1 unspecified atom stereocenters. The van der Waals surface area contributed by atoms with Crippen LogP contribution in [-0.4, -0.2) is 17.7 Å². The van der Waals surface area contributed by atoms with Crippen LogP contribution in [0.4, 0.5) is 0 Å². The number of benzene rings is 2. The molecule has 2 heteroatoms. The number of para-hydroxylation sites is 2. The van der Waals surface area contributed by atoms with Crippen LogP contribution in [0.15, 0.2) is 48.5 Å². The largest absolute Gasteiger partial charge is 0.373 e. The lowest BCUT2D eigenvalue weighted by atomic mass is 10.2. The molecule has 4 rings (SSSR count). The van der Waals surface area contributed by atoms with Crippen LogP contribution in [0.25, 0.3) is 21.8 Å². The van der Waals surface area contributed by atoms with Crippen molar-refractivity contribution in [2.24, 2.45) is 0 Å². The molecule has 86 valence electrons. The van der Waals surface area contributed by atoms with Crippen LogP contribution in [0.2, 0.25) is 0 Å². The summed E-state index contributed by atoms with van der Waals surface area (Å²) in [7, 11) is 0. The molecule has 1 aromatic heterocycles. The minimum atomic E-state index is 0.583. The maximum absolute atomic E-state index is 4.71. The van der Waals surface area contributed by atoms with Crippen molar-refractivity contribution in [2.75, 3.05) is 6.61 Å². The minimum Gasteiger partial charge on any atom is -0.373 e. The highest BCUT2D eigenvalue weighted by Gasteiger charge is 2.13. The Labute approximate surface area is 100 Å². The highest BCUT2D eigenvalue weighted by molar-refractivity contribution is 6.06. The van der Waals surface area contributed by atoms with Crippen LogP contribution in [0.3, 0.4) is 0 Å². The monoisotopic (exact) mass is 225 g/mol. The van der Waals surface area contributed by atoms with Gasteiger partial charge in [0.05, 0.1) is 12.7 Å². The number of ether oxygens (including phenoxy) is 1. The van der Waals surface area contributed by atoms with Crippen molar-refractivity contribution >= 4 is 21.8 Å². The van der Waals surface area contributed by atoms with Gasteiger partial charge in [0, 0.05) is 21.8 Å². The summed E-state index contributed by atoms with van der Waals surface area (Å²) in [6.07, 6.45) is 0.583. The molecule has 0 spiro atoms. The van der Waals surface area contributed by atoms with E-state index in [1.807, 2.05) is 0 Å². The van der Waals surface area contributed by atoms with Crippen molar-refractivity contribution in [2.45, 2.75) is 13.0 Å². The van der Waals surface area contributed by atoms with Gasteiger partial charge in [-0.2, -0.15) is 0 Å². The second-order valence-electron chi connectivity index (χ2n) is 4.36. The van der Waals surface area contributed by atoms with E-state index in [1.54, 1.807) is 0 Å². The highest BCUT2D eigenvalue weighted by atomic mass is 16.6. The van der Waals surface area contributed by atoms with Crippen LogP contribution in [0.1, 0.15) is 6.92 Å². The number of hydrogen-bond donors (Lipinski definition) is 1. The summed E-state index contributed by atoms with van der Waals surface area (Å²) in [5.74, 6) is 0. The number of epoxide rings is 1. The second-order valence-corrected chi connectivity index (χ2v) is 4.36. The van der Waals surface area contributed by atoms with Gasteiger partial charge in [0.25, 0.3) is 0 Å². The van der Waals surface area contributed by atoms with Gasteiger partial charge in [-0.3, -0.25) is 0 Å². The van der Waals surface area contributed by atoms with Crippen molar-refractivity contribution in [1.29, 1.82) is 0 Å². The van der Waals surface area contributed by atoms with Gasteiger partial charge in [-0.05, 0) is 19.1 Å². The van der Waals surface area contributed by atoms with Crippen LogP contribution in [0, 0.1) is 0 Å². The molecular formula is C15H15NO. The number of aromatic nitrogens is 1. The van der Waals surface area contributed by atoms with Crippen molar-refractivity contribution in [3.63, 3.8) is 0 Å². The average Bonchev–Trinajstić information content (AvgIpc) is 3.06. The molecule has 0 bridgehead atoms. The Hall–Kier alpha value is -1.80. The molecule has 1 aliphatic rings. The van der Waals surface area contributed by atoms with Gasteiger partial charge in [0.2, 0.25) is 0 Å². The number of H-pyrrole nitrogens is 1. The predicted molar refractivity (Wildman–Crippen MR) is 71.2 cm³/mol. The molecule has 0 radical (unpaired) electrons. The predicted octanol–water partition coefficient (Wildman–Crippen LogP) is 3.73. The zero-order valence-electron chi connectivity index (χ0n) is 9.81. The molecular weight excluding hydrogens is 210 g/mol. The third kappa shape index (κ3) is 2.17. The van der Waals surface area contributed by atoms with E-state index in [2.05, 4.69) is 60.4 Å². The Morgan fingerprint density at radius 1 is 0.941 bits per heavy atom.